The van der Waals surface area contributed by atoms with E-state index in [-0.39, 0.29) is 11.1 Å². The van der Waals surface area contributed by atoms with Gasteiger partial charge < -0.3 is 9.84 Å². The van der Waals surface area contributed by atoms with Crippen LogP contribution in [0.2, 0.25) is 0 Å². The van der Waals surface area contributed by atoms with Crippen molar-refractivity contribution in [1.82, 2.24) is 0 Å². The van der Waals surface area contributed by atoms with Crippen LogP contribution in [0.25, 0.3) is 0 Å². The average Bonchev–Trinajstić information content (AvgIpc) is 2.41. The van der Waals surface area contributed by atoms with Crippen molar-refractivity contribution in [2.45, 2.75) is 46.5 Å². The lowest BCUT2D eigenvalue weighted by molar-refractivity contribution is 0.0487. The molecule has 116 valence electrons. The molecule has 0 fully saturated rings. The first-order chi connectivity index (χ1) is 9.93. The molecule has 0 radical (unpaired) electrons. The first kappa shape index (κ1) is 17.2. The van der Waals surface area contributed by atoms with E-state index in [1.165, 1.54) is 12.5 Å². The number of carbonyl (C=O) groups excluding carboxylic acids is 1. The van der Waals surface area contributed by atoms with E-state index in [0.29, 0.717) is 18.1 Å². The molecule has 4 nitrogen and oxygen atoms in total. The van der Waals surface area contributed by atoms with Crippen LogP contribution in [0.5, 0.6) is 0 Å². The maximum atomic E-state index is 12.0. The first-order valence-electron chi connectivity index (χ1n) is 7.43. The zero-order chi connectivity index (χ0) is 15.8. The van der Waals surface area contributed by atoms with Crippen LogP contribution in [0.4, 0.5) is 0 Å². The van der Waals surface area contributed by atoms with Gasteiger partial charge in [0.1, 0.15) is 0 Å². The van der Waals surface area contributed by atoms with Gasteiger partial charge in [0.15, 0.2) is 0 Å². The maximum Gasteiger partial charge on any atom is 0.339 e. The van der Waals surface area contributed by atoms with E-state index in [1.54, 1.807) is 19.1 Å². The number of aryl methyl sites for hydroxylation is 1. The van der Waals surface area contributed by atoms with Crippen molar-refractivity contribution in [2.75, 3.05) is 6.61 Å². The van der Waals surface area contributed by atoms with Gasteiger partial charge in [-0.15, -0.1) is 0 Å². The van der Waals surface area contributed by atoms with E-state index in [1.807, 2.05) is 0 Å². The molecule has 0 bridgehead atoms. The van der Waals surface area contributed by atoms with E-state index >= 15 is 0 Å². The quantitative estimate of drug-likeness (QED) is 0.579. The van der Waals surface area contributed by atoms with Crippen molar-refractivity contribution in [1.29, 1.82) is 0 Å². The molecule has 0 amide bonds. The molecule has 0 saturated carbocycles. The zero-order valence-corrected chi connectivity index (χ0v) is 13.0. The third-order valence-corrected chi connectivity index (χ3v) is 3.37. The third-order valence-electron chi connectivity index (χ3n) is 3.37. The molecule has 0 spiro atoms. The average molecular weight is 292 g/mol. The fraction of sp³-hybridized carbons (Fsp3) is 0.529. The number of aromatic carboxylic acids is 1. The van der Waals surface area contributed by atoms with Crippen LogP contribution < -0.4 is 0 Å². The van der Waals surface area contributed by atoms with Crippen LogP contribution in [0.15, 0.2) is 18.2 Å². The highest BCUT2D eigenvalue weighted by Crippen LogP contribution is 2.16. The zero-order valence-electron chi connectivity index (χ0n) is 13.0. The number of hydrogen-bond donors (Lipinski definition) is 1. The van der Waals surface area contributed by atoms with Crippen molar-refractivity contribution in [3.05, 3.63) is 34.9 Å². The second-order valence-electron chi connectivity index (χ2n) is 5.68. The lowest BCUT2D eigenvalue weighted by Gasteiger charge is -2.09. The molecule has 0 unspecified atom stereocenters. The Bertz CT molecular complexity index is 492. The molecular weight excluding hydrogens is 268 g/mol. The lowest BCUT2D eigenvalue weighted by atomic mass is 10.0. The normalized spacial score (nSPS) is 10.7. The molecule has 0 aliphatic heterocycles. The van der Waals surface area contributed by atoms with Gasteiger partial charge in [0.2, 0.25) is 0 Å². The van der Waals surface area contributed by atoms with Gasteiger partial charge in [0.25, 0.3) is 0 Å². The van der Waals surface area contributed by atoms with Gasteiger partial charge in [-0.25, -0.2) is 9.59 Å². The van der Waals surface area contributed by atoms with E-state index in [9.17, 15) is 14.7 Å². The first-order valence-corrected chi connectivity index (χ1v) is 7.43. The summed E-state index contributed by atoms with van der Waals surface area (Å²) >= 11 is 0. The number of carboxylic acid groups (broad SMARTS) is 1. The molecule has 1 aromatic carbocycles. The Morgan fingerprint density at radius 3 is 2.52 bits per heavy atom. The van der Waals surface area contributed by atoms with Crippen molar-refractivity contribution in [3.8, 4) is 0 Å². The number of hydrogen-bond acceptors (Lipinski definition) is 3. The van der Waals surface area contributed by atoms with E-state index in [2.05, 4.69) is 13.8 Å². The molecule has 21 heavy (non-hydrogen) atoms. The fourth-order valence-corrected chi connectivity index (χ4v) is 2.20. The highest BCUT2D eigenvalue weighted by atomic mass is 16.5. The second kappa shape index (κ2) is 8.45. The van der Waals surface area contributed by atoms with Crippen molar-refractivity contribution < 1.29 is 19.4 Å². The van der Waals surface area contributed by atoms with E-state index < -0.39 is 11.9 Å². The Balaban J connectivity index is 2.50. The predicted octanol–water partition coefficient (Wildman–Crippen LogP) is 4.07. The van der Waals surface area contributed by atoms with Crippen molar-refractivity contribution in [3.63, 3.8) is 0 Å². The van der Waals surface area contributed by atoms with Crippen molar-refractivity contribution in [2.24, 2.45) is 5.92 Å². The SMILES string of the molecule is Cc1cccc(C(=O)OCCCCCC(C)C)c1C(=O)O. The minimum absolute atomic E-state index is 0.0299. The maximum absolute atomic E-state index is 12.0. The van der Waals surface area contributed by atoms with Gasteiger partial charge in [-0.2, -0.15) is 0 Å². The topological polar surface area (TPSA) is 63.6 Å². The largest absolute Gasteiger partial charge is 0.478 e. The van der Waals surface area contributed by atoms with Crippen LogP contribution in [0, 0.1) is 12.8 Å². The Hall–Kier alpha value is -1.84. The Morgan fingerprint density at radius 1 is 1.19 bits per heavy atom. The van der Waals surface area contributed by atoms with Crippen LogP contribution in [0.3, 0.4) is 0 Å². The Kier molecular flexibility index (Phi) is 6.92. The molecule has 0 aliphatic carbocycles. The molecule has 0 aliphatic rings. The number of benzene rings is 1. The number of unbranched alkanes of at least 4 members (excludes halogenated alkanes) is 2. The number of carboxylic acids is 1. The fourth-order valence-electron chi connectivity index (χ4n) is 2.20. The van der Waals surface area contributed by atoms with Crippen LogP contribution in [-0.4, -0.2) is 23.7 Å². The number of carbonyl (C=O) groups is 2. The van der Waals surface area contributed by atoms with Crippen molar-refractivity contribution >= 4 is 11.9 Å². The van der Waals surface area contributed by atoms with Gasteiger partial charge in [-0.1, -0.05) is 45.2 Å². The second-order valence-corrected chi connectivity index (χ2v) is 5.68. The summed E-state index contributed by atoms with van der Waals surface area (Å²) in [5.74, 6) is -0.963. The summed E-state index contributed by atoms with van der Waals surface area (Å²) in [6.07, 6.45) is 4.13. The Labute approximate surface area is 126 Å². The van der Waals surface area contributed by atoms with Gasteiger partial charge in [0, 0.05) is 0 Å². The molecule has 4 heteroatoms. The van der Waals surface area contributed by atoms with Crippen LogP contribution >= 0.6 is 0 Å². The summed E-state index contributed by atoms with van der Waals surface area (Å²) in [5, 5.41) is 9.18. The monoisotopic (exact) mass is 292 g/mol. The Morgan fingerprint density at radius 2 is 1.90 bits per heavy atom. The molecule has 1 aromatic rings. The van der Waals surface area contributed by atoms with Crippen LogP contribution in [0.1, 0.15) is 65.8 Å². The van der Waals surface area contributed by atoms with E-state index in [0.717, 1.165) is 19.3 Å². The third kappa shape index (κ3) is 5.58. The minimum atomic E-state index is -1.10. The molecule has 0 aromatic heterocycles. The highest BCUT2D eigenvalue weighted by molar-refractivity contribution is 6.03. The minimum Gasteiger partial charge on any atom is -0.478 e. The molecule has 0 saturated heterocycles. The summed E-state index contributed by atoms with van der Waals surface area (Å²) in [7, 11) is 0. The number of ether oxygens (including phenoxy) is 1. The summed E-state index contributed by atoms with van der Waals surface area (Å²) in [5.41, 5.74) is 0.723. The summed E-state index contributed by atoms with van der Waals surface area (Å²) in [6.45, 7) is 6.38. The van der Waals surface area contributed by atoms with E-state index in [4.69, 9.17) is 4.74 Å². The summed E-state index contributed by atoms with van der Waals surface area (Å²) < 4.78 is 5.18. The van der Waals surface area contributed by atoms with Gasteiger partial charge in [0.05, 0.1) is 17.7 Å². The predicted molar refractivity (Wildman–Crippen MR) is 81.7 cm³/mol. The van der Waals surface area contributed by atoms with Gasteiger partial charge >= 0.3 is 11.9 Å². The lowest BCUT2D eigenvalue weighted by Crippen LogP contribution is -2.13. The van der Waals surface area contributed by atoms with Gasteiger partial charge in [-0.3, -0.25) is 0 Å². The highest BCUT2D eigenvalue weighted by Gasteiger charge is 2.19. The molecular formula is C17H24O4. The summed E-state index contributed by atoms with van der Waals surface area (Å²) in [6, 6.07) is 4.84. The molecule has 1 N–H and O–H groups in total. The summed E-state index contributed by atoms with van der Waals surface area (Å²) in [4.78, 5) is 23.2. The number of esters is 1. The standard InChI is InChI=1S/C17H24O4/c1-12(2)8-5-4-6-11-21-17(20)14-10-7-9-13(3)15(14)16(18)19/h7,9-10,12H,4-6,8,11H2,1-3H3,(H,18,19). The number of rotatable bonds is 8. The molecule has 1 rings (SSSR count). The van der Waals surface area contributed by atoms with Crippen LogP contribution in [-0.2, 0) is 4.74 Å². The molecule has 0 heterocycles. The molecule has 0 atom stereocenters. The van der Waals surface area contributed by atoms with Gasteiger partial charge in [-0.05, 0) is 30.9 Å². The smallest absolute Gasteiger partial charge is 0.339 e.